The molecule has 1 atom stereocenters. The van der Waals surface area contributed by atoms with Gasteiger partial charge < -0.3 is 21.1 Å². The average molecular weight is 265 g/mol. The predicted octanol–water partition coefficient (Wildman–Crippen LogP) is 0.538. The third-order valence-electron chi connectivity index (χ3n) is 2.89. The van der Waals surface area contributed by atoms with Gasteiger partial charge in [0.25, 0.3) is 0 Å². The number of nitrogens with two attached hydrogens (primary N) is 1. The standard InChI is InChI=1S/C12H19N5O2/c1-2-5-19-12-10(13)11(15-7-16-12)14-6-8-3-4-9(18)17-8/h7-8H,2-6,13H2,1H3,(H,17,18)(H,14,15,16). The Bertz CT molecular complexity index is 452. The maximum atomic E-state index is 11.1. The van der Waals surface area contributed by atoms with Crippen LogP contribution in [0.1, 0.15) is 26.2 Å². The number of nitrogens with one attached hydrogen (secondary N) is 2. The molecule has 104 valence electrons. The van der Waals surface area contributed by atoms with Gasteiger partial charge in [-0.15, -0.1) is 0 Å². The Hall–Kier alpha value is -2.05. The van der Waals surface area contributed by atoms with Crippen molar-refractivity contribution in [2.24, 2.45) is 0 Å². The largest absolute Gasteiger partial charge is 0.476 e. The van der Waals surface area contributed by atoms with Crippen molar-refractivity contribution in [1.29, 1.82) is 0 Å². The number of aromatic nitrogens is 2. The number of rotatable bonds is 6. The quantitative estimate of drug-likeness (QED) is 0.693. The van der Waals surface area contributed by atoms with Gasteiger partial charge in [-0.2, -0.15) is 4.98 Å². The number of nitrogen functional groups attached to an aromatic ring is 1. The van der Waals surface area contributed by atoms with Crippen molar-refractivity contribution in [2.45, 2.75) is 32.2 Å². The molecule has 0 aromatic carbocycles. The van der Waals surface area contributed by atoms with Gasteiger partial charge in [0.15, 0.2) is 5.82 Å². The van der Waals surface area contributed by atoms with Gasteiger partial charge in [-0.05, 0) is 12.8 Å². The lowest BCUT2D eigenvalue weighted by Crippen LogP contribution is -2.32. The van der Waals surface area contributed by atoms with Gasteiger partial charge >= 0.3 is 0 Å². The molecule has 1 aromatic heterocycles. The Morgan fingerprint density at radius 1 is 1.58 bits per heavy atom. The smallest absolute Gasteiger partial charge is 0.242 e. The Balaban J connectivity index is 1.94. The molecule has 1 fully saturated rings. The number of nitrogens with zero attached hydrogens (tertiary/aromatic N) is 2. The molecule has 1 aliphatic rings. The molecule has 0 radical (unpaired) electrons. The van der Waals surface area contributed by atoms with Crippen LogP contribution < -0.4 is 21.1 Å². The summed E-state index contributed by atoms with van der Waals surface area (Å²) >= 11 is 0. The van der Waals surface area contributed by atoms with Crippen molar-refractivity contribution in [3.8, 4) is 5.88 Å². The van der Waals surface area contributed by atoms with Gasteiger partial charge in [-0.25, -0.2) is 4.98 Å². The lowest BCUT2D eigenvalue weighted by Gasteiger charge is -2.14. The third kappa shape index (κ3) is 3.46. The molecule has 2 heterocycles. The van der Waals surface area contributed by atoms with Crippen molar-refractivity contribution < 1.29 is 9.53 Å². The van der Waals surface area contributed by atoms with Crippen molar-refractivity contribution in [3.63, 3.8) is 0 Å². The Morgan fingerprint density at radius 3 is 3.11 bits per heavy atom. The number of ether oxygens (including phenoxy) is 1. The highest BCUT2D eigenvalue weighted by Gasteiger charge is 2.20. The predicted molar refractivity (Wildman–Crippen MR) is 71.9 cm³/mol. The monoisotopic (exact) mass is 265 g/mol. The molecule has 2 rings (SSSR count). The van der Waals surface area contributed by atoms with Crippen LogP contribution in [0, 0.1) is 0 Å². The lowest BCUT2D eigenvalue weighted by molar-refractivity contribution is -0.119. The number of anilines is 2. The number of carbonyl (C=O) groups excluding carboxylic acids is 1. The second-order valence-electron chi connectivity index (χ2n) is 4.47. The zero-order valence-electron chi connectivity index (χ0n) is 11.0. The van der Waals surface area contributed by atoms with Crippen LogP contribution in [0.4, 0.5) is 11.5 Å². The maximum absolute atomic E-state index is 11.1. The zero-order chi connectivity index (χ0) is 13.7. The molecular formula is C12H19N5O2. The van der Waals surface area contributed by atoms with E-state index < -0.39 is 0 Å². The van der Waals surface area contributed by atoms with Crippen LogP contribution in [-0.4, -0.2) is 35.1 Å². The topological polar surface area (TPSA) is 102 Å². The van der Waals surface area contributed by atoms with Crippen molar-refractivity contribution in [2.75, 3.05) is 24.2 Å². The van der Waals surface area contributed by atoms with Crippen LogP contribution in [-0.2, 0) is 4.79 Å². The summed E-state index contributed by atoms with van der Waals surface area (Å²) in [6.07, 6.45) is 3.71. The van der Waals surface area contributed by atoms with E-state index in [1.807, 2.05) is 6.92 Å². The summed E-state index contributed by atoms with van der Waals surface area (Å²) in [5.41, 5.74) is 6.34. The van der Waals surface area contributed by atoms with E-state index >= 15 is 0 Å². The Kier molecular flexibility index (Phi) is 4.38. The molecule has 0 spiro atoms. The van der Waals surface area contributed by atoms with Crippen molar-refractivity contribution in [1.82, 2.24) is 15.3 Å². The van der Waals surface area contributed by atoms with Crippen LogP contribution in [0.5, 0.6) is 5.88 Å². The first-order valence-electron chi connectivity index (χ1n) is 6.47. The van der Waals surface area contributed by atoms with Crippen LogP contribution in [0.15, 0.2) is 6.33 Å². The van der Waals surface area contributed by atoms with Gasteiger partial charge in [0.2, 0.25) is 11.8 Å². The Labute approximate surface area is 111 Å². The highest BCUT2D eigenvalue weighted by atomic mass is 16.5. The SMILES string of the molecule is CCCOc1ncnc(NCC2CCC(=O)N2)c1N. The molecule has 4 N–H and O–H groups in total. The minimum atomic E-state index is 0.0921. The summed E-state index contributed by atoms with van der Waals surface area (Å²) in [5, 5.41) is 6.00. The van der Waals surface area contributed by atoms with Crippen LogP contribution >= 0.6 is 0 Å². The maximum Gasteiger partial charge on any atom is 0.242 e. The molecule has 19 heavy (non-hydrogen) atoms. The first kappa shape index (κ1) is 13.4. The molecule has 0 bridgehead atoms. The summed E-state index contributed by atoms with van der Waals surface area (Å²) in [6.45, 7) is 3.18. The second-order valence-corrected chi connectivity index (χ2v) is 4.47. The number of carbonyl (C=O) groups is 1. The molecule has 7 heteroatoms. The van der Waals surface area contributed by atoms with Crippen LogP contribution in [0.25, 0.3) is 0 Å². The molecule has 0 saturated carbocycles. The fourth-order valence-corrected chi connectivity index (χ4v) is 1.88. The summed E-state index contributed by atoms with van der Waals surface area (Å²) in [6, 6.07) is 0.127. The van der Waals surface area contributed by atoms with Gasteiger partial charge in [0.1, 0.15) is 12.0 Å². The molecule has 0 aliphatic carbocycles. The number of amides is 1. The van der Waals surface area contributed by atoms with Gasteiger partial charge in [-0.1, -0.05) is 6.92 Å². The fourth-order valence-electron chi connectivity index (χ4n) is 1.88. The number of hydrogen-bond donors (Lipinski definition) is 3. The van der Waals surface area contributed by atoms with Crippen molar-refractivity contribution in [3.05, 3.63) is 6.33 Å². The lowest BCUT2D eigenvalue weighted by atomic mass is 10.2. The third-order valence-corrected chi connectivity index (χ3v) is 2.89. The highest BCUT2D eigenvalue weighted by molar-refractivity contribution is 5.78. The molecule has 1 amide bonds. The first-order chi connectivity index (χ1) is 9.20. The molecule has 1 aromatic rings. The molecule has 1 aliphatic heterocycles. The highest BCUT2D eigenvalue weighted by Crippen LogP contribution is 2.24. The van der Waals surface area contributed by atoms with Crippen LogP contribution in [0.2, 0.25) is 0 Å². The van der Waals surface area contributed by atoms with Crippen molar-refractivity contribution >= 4 is 17.4 Å². The van der Waals surface area contributed by atoms with E-state index in [0.717, 1.165) is 12.8 Å². The minimum absolute atomic E-state index is 0.0921. The summed E-state index contributed by atoms with van der Waals surface area (Å²) in [7, 11) is 0. The van der Waals surface area contributed by atoms with E-state index in [1.165, 1.54) is 6.33 Å². The van der Waals surface area contributed by atoms with Crippen LogP contribution in [0.3, 0.4) is 0 Å². The summed E-state index contributed by atoms with van der Waals surface area (Å²) < 4.78 is 5.43. The normalized spacial score (nSPS) is 18.2. The Morgan fingerprint density at radius 2 is 2.42 bits per heavy atom. The summed E-state index contributed by atoms with van der Waals surface area (Å²) in [4.78, 5) is 19.2. The van der Waals surface area contributed by atoms with Gasteiger partial charge in [0.05, 0.1) is 6.61 Å². The van der Waals surface area contributed by atoms with Gasteiger partial charge in [0, 0.05) is 19.0 Å². The van der Waals surface area contributed by atoms with Gasteiger partial charge in [-0.3, -0.25) is 4.79 Å². The average Bonchev–Trinajstić information content (AvgIpc) is 2.82. The molecule has 7 nitrogen and oxygen atoms in total. The zero-order valence-corrected chi connectivity index (χ0v) is 11.0. The minimum Gasteiger partial charge on any atom is -0.476 e. The molecular weight excluding hydrogens is 246 g/mol. The van der Waals surface area contributed by atoms with E-state index in [2.05, 4.69) is 20.6 Å². The van der Waals surface area contributed by atoms with E-state index in [0.29, 0.717) is 37.0 Å². The fraction of sp³-hybridized carbons (Fsp3) is 0.583. The summed E-state index contributed by atoms with van der Waals surface area (Å²) in [5.74, 6) is 1.03. The molecule has 1 unspecified atom stereocenters. The van der Waals surface area contributed by atoms with E-state index in [9.17, 15) is 4.79 Å². The molecule has 1 saturated heterocycles. The van der Waals surface area contributed by atoms with E-state index in [4.69, 9.17) is 10.5 Å². The van der Waals surface area contributed by atoms with E-state index in [1.54, 1.807) is 0 Å². The second kappa shape index (κ2) is 6.21. The first-order valence-corrected chi connectivity index (χ1v) is 6.47. The number of hydrogen-bond acceptors (Lipinski definition) is 6. The van der Waals surface area contributed by atoms with E-state index in [-0.39, 0.29) is 11.9 Å².